The fraction of sp³-hybridized carbons (Fsp3) is 0.120. The van der Waals surface area contributed by atoms with Crippen LogP contribution in [0.25, 0.3) is 28.7 Å². The van der Waals surface area contributed by atoms with Crippen LogP contribution < -0.4 is 19.8 Å². The number of nitrogens with zero attached hydrogens (tertiary/aromatic N) is 2. The fourth-order valence-electron chi connectivity index (χ4n) is 3.44. The zero-order chi connectivity index (χ0) is 21.8. The number of benzene rings is 3. The Bertz CT molecular complexity index is 1310. The van der Waals surface area contributed by atoms with E-state index in [1.165, 1.54) is 0 Å². The molecule has 156 valence electrons. The van der Waals surface area contributed by atoms with Gasteiger partial charge in [-0.3, -0.25) is 9.36 Å². The third-order valence-electron chi connectivity index (χ3n) is 4.96. The van der Waals surface area contributed by atoms with Crippen molar-refractivity contribution in [3.8, 4) is 22.9 Å². The second-order valence-electron chi connectivity index (χ2n) is 6.75. The lowest BCUT2D eigenvalue weighted by molar-refractivity contribution is 0.348. The number of rotatable bonds is 6. The first kappa shape index (κ1) is 20.2. The van der Waals surface area contributed by atoms with Crippen molar-refractivity contribution < 1.29 is 14.2 Å². The molecule has 0 saturated heterocycles. The van der Waals surface area contributed by atoms with Gasteiger partial charge in [0.1, 0.15) is 11.6 Å². The lowest BCUT2D eigenvalue weighted by Gasteiger charge is -2.13. The van der Waals surface area contributed by atoms with E-state index >= 15 is 0 Å². The molecule has 0 unspecified atom stereocenters. The van der Waals surface area contributed by atoms with Crippen molar-refractivity contribution in [1.82, 2.24) is 9.55 Å². The van der Waals surface area contributed by atoms with Gasteiger partial charge in [-0.05, 0) is 42.5 Å². The van der Waals surface area contributed by atoms with E-state index in [4.69, 9.17) is 19.2 Å². The zero-order valence-electron chi connectivity index (χ0n) is 17.5. The average Bonchev–Trinajstić information content (AvgIpc) is 2.82. The number of methoxy groups -OCH3 is 3. The summed E-state index contributed by atoms with van der Waals surface area (Å²) in [5.41, 5.74) is 2.01. The normalized spacial score (nSPS) is 11.1. The Balaban J connectivity index is 1.91. The van der Waals surface area contributed by atoms with Crippen LogP contribution >= 0.6 is 0 Å². The Kier molecular flexibility index (Phi) is 5.71. The molecule has 0 aliphatic heterocycles. The van der Waals surface area contributed by atoms with Crippen molar-refractivity contribution in [2.24, 2.45) is 0 Å². The topological polar surface area (TPSA) is 62.6 Å². The first-order valence-corrected chi connectivity index (χ1v) is 9.71. The van der Waals surface area contributed by atoms with E-state index in [0.717, 1.165) is 11.3 Å². The van der Waals surface area contributed by atoms with Gasteiger partial charge in [-0.2, -0.15) is 0 Å². The molecule has 0 N–H and O–H groups in total. The fourth-order valence-corrected chi connectivity index (χ4v) is 3.44. The Labute approximate surface area is 180 Å². The van der Waals surface area contributed by atoms with Gasteiger partial charge in [0.15, 0.2) is 11.5 Å². The van der Waals surface area contributed by atoms with Crippen LogP contribution in [0, 0.1) is 0 Å². The van der Waals surface area contributed by atoms with Crippen LogP contribution in [0.15, 0.2) is 71.5 Å². The van der Waals surface area contributed by atoms with E-state index in [-0.39, 0.29) is 5.56 Å². The molecule has 0 aliphatic rings. The predicted molar refractivity (Wildman–Crippen MR) is 122 cm³/mol. The van der Waals surface area contributed by atoms with Crippen molar-refractivity contribution in [2.75, 3.05) is 21.3 Å². The molecule has 0 saturated carbocycles. The maximum atomic E-state index is 13.3. The Morgan fingerprint density at radius 1 is 0.774 bits per heavy atom. The van der Waals surface area contributed by atoms with E-state index in [1.807, 2.05) is 60.7 Å². The van der Waals surface area contributed by atoms with Crippen LogP contribution in [0.1, 0.15) is 11.4 Å². The molecule has 0 aliphatic carbocycles. The maximum absolute atomic E-state index is 13.3. The maximum Gasteiger partial charge on any atom is 0.266 e. The summed E-state index contributed by atoms with van der Waals surface area (Å²) in [6.45, 7) is 0. The molecule has 6 heteroatoms. The van der Waals surface area contributed by atoms with Crippen molar-refractivity contribution in [3.05, 3.63) is 88.5 Å². The Hall–Kier alpha value is -4.06. The lowest BCUT2D eigenvalue weighted by atomic mass is 10.1. The number of hydrogen-bond acceptors (Lipinski definition) is 5. The van der Waals surface area contributed by atoms with Gasteiger partial charge in [-0.1, -0.05) is 30.3 Å². The van der Waals surface area contributed by atoms with Crippen LogP contribution in [0.5, 0.6) is 17.2 Å². The third-order valence-corrected chi connectivity index (χ3v) is 4.96. The summed E-state index contributed by atoms with van der Waals surface area (Å²) in [5, 5.41) is 0.562. The Morgan fingerprint density at radius 3 is 2.13 bits per heavy atom. The highest BCUT2D eigenvalue weighted by atomic mass is 16.5. The van der Waals surface area contributed by atoms with E-state index < -0.39 is 0 Å². The second-order valence-corrected chi connectivity index (χ2v) is 6.75. The molecular formula is C25H22N2O4. The minimum atomic E-state index is -0.129. The monoisotopic (exact) mass is 414 g/mol. The van der Waals surface area contributed by atoms with Gasteiger partial charge in [-0.25, -0.2) is 4.98 Å². The van der Waals surface area contributed by atoms with Crippen molar-refractivity contribution in [2.45, 2.75) is 0 Å². The Morgan fingerprint density at radius 2 is 1.42 bits per heavy atom. The number of fused-ring (bicyclic) bond motifs is 1. The van der Waals surface area contributed by atoms with Crippen LogP contribution in [0.2, 0.25) is 0 Å². The molecular weight excluding hydrogens is 392 g/mol. The number of aromatic nitrogens is 2. The molecule has 0 spiro atoms. The molecule has 6 nitrogen and oxygen atoms in total. The summed E-state index contributed by atoms with van der Waals surface area (Å²) in [4.78, 5) is 18.0. The van der Waals surface area contributed by atoms with Gasteiger partial charge < -0.3 is 14.2 Å². The summed E-state index contributed by atoms with van der Waals surface area (Å²) in [6.07, 6.45) is 3.64. The number of para-hydroxylation sites is 2. The quantitative estimate of drug-likeness (QED) is 0.462. The third kappa shape index (κ3) is 3.88. The van der Waals surface area contributed by atoms with Gasteiger partial charge >= 0.3 is 0 Å². The lowest BCUT2D eigenvalue weighted by Crippen LogP contribution is -2.22. The van der Waals surface area contributed by atoms with Gasteiger partial charge in [0, 0.05) is 11.6 Å². The standard InChI is InChI=1S/C25H22N2O4/c1-29-21-16-23(31-3)22(30-2)15-17(21)13-14-24-26-20-12-8-7-11-19(20)25(28)27(24)18-9-5-4-6-10-18/h4-16H,1-3H3. The van der Waals surface area contributed by atoms with Crippen LogP contribution in [-0.4, -0.2) is 30.9 Å². The zero-order valence-corrected chi connectivity index (χ0v) is 17.5. The molecule has 0 amide bonds. The molecule has 1 heterocycles. The number of hydrogen-bond donors (Lipinski definition) is 0. The highest BCUT2D eigenvalue weighted by Crippen LogP contribution is 2.35. The highest BCUT2D eigenvalue weighted by molar-refractivity contribution is 5.80. The van der Waals surface area contributed by atoms with Crippen LogP contribution in [0.4, 0.5) is 0 Å². The van der Waals surface area contributed by atoms with Crippen LogP contribution in [-0.2, 0) is 0 Å². The summed E-state index contributed by atoms with van der Waals surface area (Å²) in [6, 6.07) is 20.4. The van der Waals surface area contributed by atoms with Gasteiger partial charge in [0.25, 0.3) is 5.56 Å². The van der Waals surface area contributed by atoms with Crippen molar-refractivity contribution in [3.63, 3.8) is 0 Å². The second kappa shape index (κ2) is 8.75. The summed E-state index contributed by atoms with van der Waals surface area (Å²) in [5.74, 6) is 2.27. The average molecular weight is 414 g/mol. The SMILES string of the molecule is COc1cc(OC)c(OC)cc1C=Cc1nc2ccccc2c(=O)n1-c1ccccc1. The molecule has 1 aromatic heterocycles. The largest absolute Gasteiger partial charge is 0.496 e. The van der Waals surface area contributed by atoms with Gasteiger partial charge in [0.2, 0.25) is 0 Å². The van der Waals surface area contributed by atoms with E-state index in [2.05, 4.69) is 0 Å². The minimum Gasteiger partial charge on any atom is -0.496 e. The first-order chi connectivity index (χ1) is 15.2. The van der Waals surface area contributed by atoms with Crippen LogP contribution in [0.3, 0.4) is 0 Å². The molecule has 4 rings (SSSR count). The smallest absolute Gasteiger partial charge is 0.266 e. The first-order valence-electron chi connectivity index (χ1n) is 9.71. The van der Waals surface area contributed by atoms with Gasteiger partial charge in [0.05, 0.1) is 37.9 Å². The summed E-state index contributed by atoms with van der Waals surface area (Å²) >= 11 is 0. The molecule has 0 atom stereocenters. The predicted octanol–water partition coefficient (Wildman–Crippen LogP) is 4.58. The van der Waals surface area contributed by atoms with Crippen molar-refractivity contribution >= 4 is 23.1 Å². The molecule has 31 heavy (non-hydrogen) atoms. The van der Waals surface area contributed by atoms with E-state index in [9.17, 15) is 4.79 Å². The molecule has 0 bridgehead atoms. The van der Waals surface area contributed by atoms with Crippen molar-refractivity contribution in [1.29, 1.82) is 0 Å². The molecule has 4 aromatic rings. The highest BCUT2D eigenvalue weighted by Gasteiger charge is 2.13. The number of ether oxygens (including phenoxy) is 3. The van der Waals surface area contributed by atoms with E-state index in [0.29, 0.717) is 34.0 Å². The summed E-state index contributed by atoms with van der Waals surface area (Å²) in [7, 11) is 4.74. The molecule has 0 fully saturated rings. The van der Waals surface area contributed by atoms with E-state index in [1.54, 1.807) is 44.1 Å². The summed E-state index contributed by atoms with van der Waals surface area (Å²) < 4.78 is 17.9. The van der Waals surface area contributed by atoms with Gasteiger partial charge in [-0.15, -0.1) is 0 Å². The molecule has 3 aromatic carbocycles. The minimum absolute atomic E-state index is 0.129. The molecule has 0 radical (unpaired) electrons.